The van der Waals surface area contributed by atoms with E-state index in [2.05, 4.69) is 12.2 Å². The topological polar surface area (TPSA) is 52.7 Å². The summed E-state index contributed by atoms with van der Waals surface area (Å²) in [5, 5.41) is 3.46. The largest absolute Gasteiger partial charge is 0.313 e. The molecule has 0 aliphatic carbocycles. The molecule has 1 atom stereocenters. The second-order valence-corrected chi connectivity index (χ2v) is 7.90. The first-order chi connectivity index (χ1) is 9.64. The molecular weight excluding hydrogens is 274 g/mol. The van der Waals surface area contributed by atoms with Crippen LogP contribution in [0.2, 0.25) is 0 Å². The summed E-state index contributed by atoms with van der Waals surface area (Å²) in [6.07, 6.45) is 7.48. The molecule has 0 saturated carbocycles. The predicted octanol–water partition coefficient (Wildman–Crippen LogP) is 1.57. The molecule has 2 heterocycles. The monoisotopic (exact) mass is 303 g/mol. The number of hydrogen-bond donors (Lipinski definition) is 1. The Bertz CT molecular complexity index is 378. The van der Waals surface area contributed by atoms with Crippen LogP contribution < -0.4 is 5.32 Å². The summed E-state index contributed by atoms with van der Waals surface area (Å²) in [4.78, 5) is 0. The second-order valence-electron chi connectivity index (χ2n) is 5.97. The molecule has 2 aliphatic heterocycles. The number of nitrogens with zero attached hydrogens (tertiary/aromatic N) is 2. The van der Waals surface area contributed by atoms with Crippen LogP contribution in [0, 0.1) is 0 Å². The van der Waals surface area contributed by atoms with Gasteiger partial charge in [0.15, 0.2) is 0 Å². The van der Waals surface area contributed by atoms with Crippen LogP contribution in [0.25, 0.3) is 0 Å². The van der Waals surface area contributed by atoms with Gasteiger partial charge in [0, 0.05) is 32.2 Å². The fourth-order valence-electron chi connectivity index (χ4n) is 3.10. The maximum absolute atomic E-state index is 12.7. The van der Waals surface area contributed by atoms with E-state index >= 15 is 0 Å². The van der Waals surface area contributed by atoms with Gasteiger partial charge in [0.25, 0.3) is 10.2 Å². The van der Waals surface area contributed by atoms with Crippen molar-refractivity contribution in [3.8, 4) is 0 Å². The van der Waals surface area contributed by atoms with Gasteiger partial charge < -0.3 is 5.32 Å². The van der Waals surface area contributed by atoms with E-state index in [1.165, 1.54) is 0 Å². The Hall–Kier alpha value is -0.170. The molecule has 2 rings (SSSR count). The van der Waals surface area contributed by atoms with Crippen LogP contribution >= 0.6 is 0 Å². The van der Waals surface area contributed by atoms with Gasteiger partial charge in [-0.3, -0.25) is 0 Å². The number of rotatable bonds is 5. The van der Waals surface area contributed by atoms with Crippen LogP contribution in [0.15, 0.2) is 0 Å². The fourth-order valence-corrected chi connectivity index (χ4v) is 4.88. The Morgan fingerprint density at radius 1 is 1.00 bits per heavy atom. The van der Waals surface area contributed by atoms with Gasteiger partial charge in [0.05, 0.1) is 0 Å². The lowest BCUT2D eigenvalue weighted by Gasteiger charge is -2.35. The summed E-state index contributed by atoms with van der Waals surface area (Å²) >= 11 is 0. The highest BCUT2D eigenvalue weighted by Crippen LogP contribution is 2.20. The molecule has 2 fully saturated rings. The number of hydrogen-bond acceptors (Lipinski definition) is 3. The van der Waals surface area contributed by atoms with Crippen LogP contribution in [0.4, 0.5) is 0 Å². The summed E-state index contributed by atoms with van der Waals surface area (Å²) in [5.74, 6) is 0. The van der Waals surface area contributed by atoms with E-state index in [1.807, 2.05) is 0 Å². The molecule has 0 amide bonds. The van der Waals surface area contributed by atoms with E-state index in [0.29, 0.717) is 32.2 Å². The van der Waals surface area contributed by atoms with Crippen molar-refractivity contribution < 1.29 is 8.42 Å². The molecule has 2 saturated heterocycles. The molecule has 1 N–H and O–H groups in total. The molecule has 0 aromatic carbocycles. The van der Waals surface area contributed by atoms with E-state index in [9.17, 15) is 8.42 Å². The highest BCUT2D eigenvalue weighted by molar-refractivity contribution is 7.86. The van der Waals surface area contributed by atoms with E-state index < -0.39 is 10.2 Å². The lowest BCUT2D eigenvalue weighted by atomic mass is 10.1. The van der Waals surface area contributed by atoms with Gasteiger partial charge in [0.1, 0.15) is 0 Å². The first-order valence-corrected chi connectivity index (χ1v) is 9.53. The highest BCUT2D eigenvalue weighted by atomic mass is 32.2. The molecule has 1 unspecified atom stereocenters. The number of piperidine rings is 1. The molecule has 118 valence electrons. The molecular formula is C14H29N3O2S. The van der Waals surface area contributed by atoms with Crippen molar-refractivity contribution in [2.45, 2.75) is 57.9 Å². The Morgan fingerprint density at radius 3 is 2.30 bits per heavy atom. The van der Waals surface area contributed by atoms with Crippen molar-refractivity contribution in [1.82, 2.24) is 13.9 Å². The first-order valence-electron chi connectivity index (χ1n) is 8.13. The molecule has 0 spiro atoms. The molecule has 0 bridgehead atoms. The van der Waals surface area contributed by atoms with Gasteiger partial charge in [-0.25, -0.2) is 0 Å². The maximum Gasteiger partial charge on any atom is 0.282 e. The number of nitrogens with one attached hydrogen (secondary N) is 1. The van der Waals surface area contributed by atoms with Crippen molar-refractivity contribution in [1.29, 1.82) is 0 Å². The molecule has 0 radical (unpaired) electrons. The SMILES string of the molecule is CCCNC1CCCN(S(=O)(=O)N2CCCCCC2)C1. The standard InChI is InChI=1S/C14H29N3O2S/c1-2-9-15-14-8-7-12-17(13-14)20(18,19)16-10-5-3-4-6-11-16/h14-15H,2-13H2,1H3. The Morgan fingerprint density at radius 2 is 1.65 bits per heavy atom. The van der Waals surface area contributed by atoms with Crippen LogP contribution in [0.1, 0.15) is 51.9 Å². The summed E-state index contributed by atoms with van der Waals surface area (Å²) in [6, 6.07) is 0.324. The smallest absolute Gasteiger partial charge is 0.282 e. The van der Waals surface area contributed by atoms with Gasteiger partial charge in [-0.05, 0) is 38.6 Å². The van der Waals surface area contributed by atoms with E-state index in [0.717, 1.165) is 51.5 Å². The van der Waals surface area contributed by atoms with Crippen LogP contribution in [-0.4, -0.2) is 55.8 Å². The van der Waals surface area contributed by atoms with Gasteiger partial charge in [-0.2, -0.15) is 17.0 Å². The summed E-state index contributed by atoms with van der Waals surface area (Å²) in [6.45, 7) is 5.84. The zero-order valence-electron chi connectivity index (χ0n) is 12.7. The molecule has 2 aliphatic rings. The average molecular weight is 303 g/mol. The minimum absolute atomic E-state index is 0.324. The maximum atomic E-state index is 12.7. The van der Waals surface area contributed by atoms with E-state index in [-0.39, 0.29) is 0 Å². The van der Waals surface area contributed by atoms with Crippen molar-refractivity contribution in [2.75, 3.05) is 32.7 Å². The zero-order chi connectivity index (χ0) is 14.4. The minimum Gasteiger partial charge on any atom is -0.313 e. The average Bonchev–Trinajstić information content (AvgIpc) is 2.75. The summed E-state index contributed by atoms with van der Waals surface area (Å²) < 4.78 is 28.9. The second kappa shape index (κ2) is 7.73. The van der Waals surface area contributed by atoms with Crippen LogP contribution in [-0.2, 0) is 10.2 Å². The lowest BCUT2D eigenvalue weighted by Crippen LogP contribution is -2.52. The van der Waals surface area contributed by atoms with Crippen molar-refractivity contribution in [2.24, 2.45) is 0 Å². The predicted molar refractivity (Wildman–Crippen MR) is 81.8 cm³/mol. The molecule has 0 aromatic heterocycles. The van der Waals surface area contributed by atoms with Gasteiger partial charge in [0.2, 0.25) is 0 Å². The normalized spacial score (nSPS) is 27.4. The zero-order valence-corrected chi connectivity index (χ0v) is 13.5. The van der Waals surface area contributed by atoms with E-state index in [4.69, 9.17) is 0 Å². The Balaban J connectivity index is 1.96. The van der Waals surface area contributed by atoms with Crippen LogP contribution in [0.3, 0.4) is 0 Å². The van der Waals surface area contributed by atoms with Gasteiger partial charge in [-0.1, -0.05) is 19.8 Å². The molecule has 5 nitrogen and oxygen atoms in total. The third-order valence-electron chi connectivity index (χ3n) is 4.28. The lowest BCUT2D eigenvalue weighted by molar-refractivity contribution is 0.262. The molecule has 0 aromatic rings. The fraction of sp³-hybridized carbons (Fsp3) is 1.00. The Labute approximate surface area is 123 Å². The third-order valence-corrected chi connectivity index (χ3v) is 6.29. The minimum atomic E-state index is -3.24. The quantitative estimate of drug-likeness (QED) is 0.839. The van der Waals surface area contributed by atoms with Gasteiger partial charge >= 0.3 is 0 Å². The third kappa shape index (κ3) is 4.16. The van der Waals surface area contributed by atoms with Crippen LogP contribution in [0.5, 0.6) is 0 Å². The highest BCUT2D eigenvalue weighted by Gasteiger charge is 2.33. The molecule has 6 heteroatoms. The van der Waals surface area contributed by atoms with E-state index in [1.54, 1.807) is 8.61 Å². The van der Waals surface area contributed by atoms with Crippen molar-refractivity contribution in [3.63, 3.8) is 0 Å². The summed E-state index contributed by atoms with van der Waals surface area (Å²) in [7, 11) is -3.24. The first kappa shape index (κ1) is 16.2. The van der Waals surface area contributed by atoms with Crippen molar-refractivity contribution in [3.05, 3.63) is 0 Å². The van der Waals surface area contributed by atoms with Crippen molar-refractivity contribution >= 4 is 10.2 Å². The van der Waals surface area contributed by atoms with Gasteiger partial charge in [-0.15, -0.1) is 0 Å². The summed E-state index contributed by atoms with van der Waals surface area (Å²) in [5.41, 5.74) is 0. The molecule has 20 heavy (non-hydrogen) atoms. The Kier molecular flexibility index (Phi) is 6.26.